The molecule has 2 aromatic heterocycles. The lowest BCUT2D eigenvalue weighted by molar-refractivity contribution is 0.718. The average molecular weight is 252 g/mol. The third-order valence-corrected chi connectivity index (χ3v) is 3.92. The van der Waals surface area contributed by atoms with Gasteiger partial charge in [0.05, 0.1) is 17.4 Å². The molecule has 1 aliphatic rings. The van der Waals surface area contributed by atoms with E-state index in [0.717, 1.165) is 25.5 Å². The van der Waals surface area contributed by atoms with Gasteiger partial charge in [-0.15, -0.1) is 11.3 Å². The van der Waals surface area contributed by atoms with Crippen LogP contribution in [0.4, 0.5) is 5.95 Å². The van der Waals surface area contributed by atoms with Crippen molar-refractivity contribution in [2.45, 2.75) is 13.0 Å². The summed E-state index contributed by atoms with van der Waals surface area (Å²) in [6.07, 6.45) is 4.37. The van der Waals surface area contributed by atoms with Crippen LogP contribution < -0.4 is 4.90 Å². The Kier molecular flexibility index (Phi) is 2.53. The maximum atomic E-state index is 5.77. The van der Waals surface area contributed by atoms with E-state index in [1.807, 2.05) is 11.3 Å². The van der Waals surface area contributed by atoms with Crippen LogP contribution in [-0.2, 0) is 13.0 Å². The fourth-order valence-corrected chi connectivity index (χ4v) is 2.88. The van der Waals surface area contributed by atoms with Crippen LogP contribution in [-0.4, -0.2) is 16.5 Å². The molecule has 0 fully saturated rings. The Balaban J connectivity index is 1.86. The molecule has 0 saturated carbocycles. The van der Waals surface area contributed by atoms with Crippen molar-refractivity contribution in [2.75, 3.05) is 11.4 Å². The summed E-state index contributed by atoms with van der Waals surface area (Å²) in [7, 11) is 0. The second kappa shape index (κ2) is 4.03. The molecule has 0 N–H and O–H groups in total. The van der Waals surface area contributed by atoms with Crippen LogP contribution in [0.25, 0.3) is 0 Å². The third kappa shape index (κ3) is 1.79. The maximum absolute atomic E-state index is 5.77. The lowest BCUT2D eigenvalue weighted by atomic mass is 10.1. The zero-order valence-corrected chi connectivity index (χ0v) is 10.1. The predicted molar refractivity (Wildman–Crippen MR) is 66.1 cm³/mol. The standard InChI is InChI=1S/C11H10ClN3S/c12-9-5-13-11(14-6-9)15-3-1-10-8(7-15)2-4-16-10/h2,4-6H,1,3,7H2. The van der Waals surface area contributed by atoms with Gasteiger partial charge in [0.15, 0.2) is 0 Å². The van der Waals surface area contributed by atoms with Gasteiger partial charge in [-0.1, -0.05) is 11.6 Å². The number of aromatic nitrogens is 2. The monoisotopic (exact) mass is 251 g/mol. The zero-order chi connectivity index (χ0) is 11.0. The van der Waals surface area contributed by atoms with Crippen LogP contribution in [0.1, 0.15) is 10.4 Å². The number of thiophene rings is 1. The lowest BCUT2D eigenvalue weighted by Gasteiger charge is -2.26. The molecule has 0 aromatic carbocycles. The molecule has 0 atom stereocenters. The SMILES string of the molecule is Clc1cnc(N2CCc3sccc3C2)nc1. The van der Waals surface area contributed by atoms with E-state index in [2.05, 4.69) is 26.3 Å². The van der Waals surface area contributed by atoms with Gasteiger partial charge in [-0.3, -0.25) is 0 Å². The quantitative estimate of drug-likeness (QED) is 0.781. The highest BCUT2D eigenvalue weighted by Crippen LogP contribution is 2.26. The third-order valence-electron chi connectivity index (χ3n) is 2.70. The molecule has 0 aliphatic carbocycles. The van der Waals surface area contributed by atoms with E-state index >= 15 is 0 Å². The van der Waals surface area contributed by atoms with Gasteiger partial charge < -0.3 is 4.90 Å². The smallest absolute Gasteiger partial charge is 0.225 e. The molecule has 0 bridgehead atoms. The number of nitrogens with zero attached hydrogens (tertiary/aromatic N) is 3. The van der Waals surface area contributed by atoms with Crippen molar-refractivity contribution >= 4 is 28.9 Å². The molecule has 5 heteroatoms. The van der Waals surface area contributed by atoms with Crippen LogP contribution in [0.3, 0.4) is 0 Å². The molecule has 0 unspecified atom stereocenters. The predicted octanol–water partition coefficient (Wildman–Crippen LogP) is 2.75. The van der Waals surface area contributed by atoms with E-state index in [1.165, 1.54) is 10.4 Å². The number of anilines is 1. The van der Waals surface area contributed by atoms with Gasteiger partial charge in [-0.05, 0) is 23.4 Å². The Labute approximate surface area is 103 Å². The van der Waals surface area contributed by atoms with Crippen LogP contribution in [0, 0.1) is 0 Å². The number of hydrogen-bond acceptors (Lipinski definition) is 4. The highest BCUT2D eigenvalue weighted by atomic mass is 35.5. The number of hydrogen-bond donors (Lipinski definition) is 0. The molecular weight excluding hydrogens is 242 g/mol. The first-order valence-corrected chi connectivity index (χ1v) is 6.36. The van der Waals surface area contributed by atoms with Gasteiger partial charge in [-0.2, -0.15) is 0 Å². The Morgan fingerprint density at radius 2 is 2.12 bits per heavy atom. The molecule has 0 amide bonds. The normalized spacial score (nSPS) is 14.9. The Hall–Kier alpha value is -1.13. The van der Waals surface area contributed by atoms with E-state index in [9.17, 15) is 0 Å². The summed E-state index contributed by atoms with van der Waals surface area (Å²) in [4.78, 5) is 12.2. The molecule has 82 valence electrons. The van der Waals surface area contributed by atoms with Crippen molar-refractivity contribution in [1.29, 1.82) is 0 Å². The highest BCUT2D eigenvalue weighted by molar-refractivity contribution is 7.10. The van der Waals surface area contributed by atoms with Crippen molar-refractivity contribution in [2.24, 2.45) is 0 Å². The van der Waals surface area contributed by atoms with Crippen molar-refractivity contribution in [3.63, 3.8) is 0 Å². The molecule has 2 aromatic rings. The average Bonchev–Trinajstić information content (AvgIpc) is 2.77. The summed E-state index contributed by atoms with van der Waals surface area (Å²) in [5, 5.41) is 2.73. The largest absolute Gasteiger partial charge is 0.336 e. The van der Waals surface area contributed by atoms with Crippen LogP contribution in [0.15, 0.2) is 23.8 Å². The molecular formula is C11H10ClN3S. The van der Waals surface area contributed by atoms with Gasteiger partial charge in [0.2, 0.25) is 5.95 Å². The van der Waals surface area contributed by atoms with Crippen LogP contribution in [0.2, 0.25) is 5.02 Å². The van der Waals surface area contributed by atoms with Crippen molar-refractivity contribution in [1.82, 2.24) is 9.97 Å². The van der Waals surface area contributed by atoms with E-state index in [0.29, 0.717) is 5.02 Å². The second-order valence-corrected chi connectivity index (χ2v) is 5.18. The zero-order valence-electron chi connectivity index (χ0n) is 8.56. The molecule has 1 aliphatic heterocycles. The van der Waals surface area contributed by atoms with Crippen LogP contribution in [0.5, 0.6) is 0 Å². The molecule has 3 rings (SSSR count). The van der Waals surface area contributed by atoms with E-state index in [4.69, 9.17) is 11.6 Å². The Morgan fingerprint density at radius 3 is 2.94 bits per heavy atom. The fraction of sp³-hybridized carbons (Fsp3) is 0.273. The first kappa shape index (κ1) is 10.1. The summed E-state index contributed by atoms with van der Waals surface area (Å²) in [6, 6.07) is 2.18. The summed E-state index contributed by atoms with van der Waals surface area (Å²) in [5.74, 6) is 0.765. The number of rotatable bonds is 1. The van der Waals surface area contributed by atoms with Gasteiger partial charge >= 0.3 is 0 Å². The maximum Gasteiger partial charge on any atom is 0.225 e. The number of fused-ring (bicyclic) bond motifs is 1. The number of halogens is 1. The second-order valence-electron chi connectivity index (χ2n) is 3.74. The summed E-state index contributed by atoms with van der Waals surface area (Å²) < 4.78 is 0. The lowest BCUT2D eigenvalue weighted by Crippen LogP contribution is -2.30. The summed E-state index contributed by atoms with van der Waals surface area (Å²) in [5.41, 5.74) is 1.40. The van der Waals surface area contributed by atoms with E-state index in [1.54, 1.807) is 12.4 Å². The minimum absolute atomic E-state index is 0.581. The summed E-state index contributed by atoms with van der Waals surface area (Å²) in [6.45, 7) is 1.88. The highest BCUT2D eigenvalue weighted by Gasteiger charge is 2.18. The van der Waals surface area contributed by atoms with Crippen molar-refractivity contribution in [3.8, 4) is 0 Å². The first-order chi connectivity index (χ1) is 7.83. The van der Waals surface area contributed by atoms with Gasteiger partial charge in [0.1, 0.15) is 0 Å². The molecule has 3 heterocycles. The van der Waals surface area contributed by atoms with Crippen molar-refractivity contribution in [3.05, 3.63) is 39.3 Å². The van der Waals surface area contributed by atoms with E-state index in [-0.39, 0.29) is 0 Å². The molecule has 0 saturated heterocycles. The van der Waals surface area contributed by atoms with Gasteiger partial charge in [0, 0.05) is 18.0 Å². The Morgan fingerprint density at radius 1 is 1.31 bits per heavy atom. The van der Waals surface area contributed by atoms with Gasteiger partial charge in [0.25, 0.3) is 0 Å². The van der Waals surface area contributed by atoms with E-state index < -0.39 is 0 Å². The molecule has 3 nitrogen and oxygen atoms in total. The molecule has 0 spiro atoms. The Bertz CT molecular complexity index is 494. The minimum Gasteiger partial charge on any atom is -0.336 e. The minimum atomic E-state index is 0.581. The molecule has 0 radical (unpaired) electrons. The first-order valence-electron chi connectivity index (χ1n) is 5.10. The fourth-order valence-electron chi connectivity index (χ4n) is 1.89. The van der Waals surface area contributed by atoms with Crippen LogP contribution >= 0.6 is 22.9 Å². The molecule has 16 heavy (non-hydrogen) atoms. The topological polar surface area (TPSA) is 29.0 Å². The van der Waals surface area contributed by atoms with Gasteiger partial charge in [-0.25, -0.2) is 9.97 Å². The van der Waals surface area contributed by atoms with Crippen molar-refractivity contribution < 1.29 is 0 Å². The summed E-state index contributed by atoms with van der Waals surface area (Å²) >= 11 is 7.61.